The molecule has 1 aliphatic carbocycles. The highest BCUT2D eigenvalue weighted by Crippen LogP contribution is 2.29. The van der Waals surface area contributed by atoms with Gasteiger partial charge in [0.25, 0.3) is 0 Å². The Balaban J connectivity index is 1.39. The van der Waals surface area contributed by atoms with Crippen LogP contribution in [0.15, 0.2) is 29.3 Å². The number of benzene rings is 1. The maximum absolute atomic E-state index is 13.6. The van der Waals surface area contributed by atoms with E-state index in [2.05, 4.69) is 20.5 Å². The van der Waals surface area contributed by atoms with E-state index in [9.17, 15) is 4.39 Å². The van der Waals surface area contributed by atoms with Crippen LogP contribution in [0.5, 0.6) is 5.75 Å². The summed E-state index contributed by atoms with van der Waals surface area (Å²) in [5.41, 5.74) is 0. The Morgan fingerprint density at radius 1 is 1.28 bits per heavy atom. The van der Waals surface area contributed by atoms with Gasteiger partial charge in [-0.2, -0.15) is 0 Å². The number of nitrogens with one attached hydrogen (secondary N) is 2. The van der Waals surface area contributed by atoms with Gasteiger partial charge in [0.2, 0.25) is 0 Å². The van der Waals surface area contributed by atoms with Gasteiger partial charge in [-0.1, -0.05) is 12.1 Å². The molecule has 1 saturated carbocycles. The SMILES string of the molecule is CN=C(NCC(C)Oc1ccccc1F)NC1CCN(C2CC2)CC1. The largest absolute Gasteiger partial charge is 0.486 e. The molecule has 1 heterocycles. The summed E-state index contributed by atoms with van der Waals surface area (Å²) in [6.45, 7) is 4.83. The summed E-state index contributed by atoms with van der Waals surface area (Å²) in [7, 11) is 1.77. The van der Waals surface area contributed by atoms with E-state index in [0.717, 1.165) is 24.8 Å². The van der Waals surface area contributed by atoms with Crippen LogP contribution in [0.25, 0.3) is 0 Å². The summed E-state index contributed by atoms with van der Waals surface area (Å²) >= 11 is 0. The molecule has 1 aliphatic heterocycles. The molecule has 0 radical (unpaired) electrons. The van der Waals surface area contributed by atoms with Crippen molar-refractivity contribution in [3.63, 3.8) is 0 Å². The monoisotopic (exact) mass is 348 g/mol. The predicted octanol–water partition coefficient (Wildman–Crippen LogP) is 2.38. The molecule has 25 heavy (non-hydrogen) atoms. The standard InChI is InChI=1S/C19H29FN4O/c1-14(25-18-6-4-3-5-17(18)20)13-22-19(21-2)23-15-9-11-24(12-10-15)16-7-8-16/h3-6,14-16H,7-13H2,1-2H3,(H2,21,22,23). The first kappa shape index (κ1) is 18.0. The molecule has 1 aromatic carbocycles. The minimum atomic E-state index is -0.334. The molecule has 0 spiro atoms. The summed E-state index contributed by atoms with van der Waals surface area (Å²) in [4.78, 5) is 6.91. The van der Waals surface area contributed by atoms with Gasteiger partial charge < -0.3 is 20.3 Å². The number of likely N-dealkylation sites (tertiary alicyclic amines) is 1. The lowest BCUT2D eigenvalue weighted by molar-refractivity contribution is 0.196. The average Bonchev–Trinajstić information content (AvgIpc) is 3.46. The minimum absolute atomic E-state index is 0.160. The molecule has 0 amide bonds. The molecule has 1 saturated heterocycles. The number of nitrogens with zero attached hydrogens (tertiary/aromatic N) is 2. The number of hydrogen-bond donors (Lipinski definition) is 2. The highest BCUT2D eigenvalue weighted by molar-refractivity contribution is 5.80. The molecule has 0 bridgehead atoms. The van der Waals surface area contributed by atoms with Gasteiger partial charge in [0.05, 0.1) is 6.54 Å². The third-order valence-corrected chi connectivity index (χ3v) is 4.88. The van der Waals surface area contributed by atoms with Crippen LogP contribution in [0.3, 0.4) is 0 Å². The van der Waals surface area contributed by atoms with Crippen LogP contribution in [-0.4, -0.2) is 55.7 Å². The fraction of sp³-hybridized carbons (Fsp3) is 0.632. The summed E-state index contributed by atoms with van der Waals surface area (Å²) in [5.74, 6) is 0.736. The van der Waals surface area contributed by atoms with Crippen molar-refractivity contribution in [2.75, 3.05) is 26.7 Å². The van der Waals surface area contributed by atoms with E-state index in [0.29, 0.717) is 12.6 Å². The van der Waals surface area contributed by atoms with E-state index in [4.69, 9.17) is 4.74 Å². The molecule has 2 fully saturated rings. The molecule has 5 nitrogen and oxygen atoms in total. The molecular formula is C19H29FN4O. The van der Waals surface area contributed by atoms with Crippen LogP contribution in [0.4, 0.5) is 4.39 Å². The van der Waals surface area contributed by atoms with Crippen LogP contribution in [0, 0.1) is 5.82 Å². The summed E-state index contributed by atoms with van der Waals surface area (Å²) in [6, 6.07) is 7.80. The summed E-state index contributed by atoms with van der Waals surface area (Å²) < 4.78 is 19.3. The van der Waals surface area contributed by atoms with Gasteiger partial charge in [0.1, 0.15) is 6.10 Å². The maximum Gasteiger partial charge on any atom is 0.191 e. The van der Waals surface area contributed by atoms with Crippen molar-refractivity contribution in [3.8, 4) is 5.75 Å². The molecule has 1 unspecified atom stereocenters. The normalized spacial score (nSPS) is 21.0. The Morgan fingerprint density at radius 2 is 2.00 bits per heavy atom. The topological polar surface area (TPSA) is 48.9 Å². The number of ether oxygens (including phenoxy) is 1. The third-order valence-electron chi connectivity index (χ3n) is 4.88. The second-order valence-electron chi connectivity index (χ2n) is 7.00. The van der Waals surface area contributed by atoms with Gasteiger partial charge in [-0.25, -0.2) is 4.39 Å². The fourth-order valence-electron chi connectivity index (χ4n) is 3.28. The van der Waals surface area contributed by atoms with Gasteiger partial charge in [-0.15, -0.1) is 0 Å². The predicted molar refractivity (Wildman–Crippen MR) is 98.6 cm³/mol. The van der Waals surface area contributed by atoms with Crippen molar-refractivity contribution in [1.82, 2.24) is 15.5 Å². The van der Waals surface area contributed by atoms with Crippen LogP contribution in [0.2, 0.25) is 0 Å². The fourth-order valence-corrected chi connectivity index (χ4v) is 3.28. The number of guanidine groups is 1. The molecule has 1 aromatic rings. The van der Waals surface area contributed by atoms with Crippen molar-refractivity contribution in [3.05, 3.63) is 30.1 Å². The lowest BCUT2D eigenvalue weighted by Crippen LogP contribution is -2.50. The van der Waals surface area contributed by atoms with Crippen molar-refractivity contribution < 1.29 is 9.13 Å². The second-order valence-corrected chi connectivity index (χ2v) is 7.00. The lowest BCUT2D eigenvalue weighted by atomic mass is 10.1. The number of aliphatic imine (C=N–C) groups is 1. The first-order valence-corrected chi connectivity index (χ1v) is 9.28. The quantitative estimate of drug-likeness (QED) is 0.612. The van der Waals surface area contributed by atoms with E-state index in [1.54, 1.807) is 25.2 Å². The van der Waals surface area contributed by atoms with E-state index < -0.39 is 0 Å². The summed E-state index contributed by atoms with van der Waals surface area (Å²) in [6.07, 6.45) is 4.89. The first-order chi connectivity index (χ1) is 12.2. The third kappa shape index (κ3) is 5.33. The first-order valence-electron chi connectivity index (χ1n) is 9.28. The van der Waals surface area contributed by atoms with E-state index in [1.165, 1.54) is 32.0 Å². The molecule has 6 heteroatoms. The van der Waals surface area contributed by atoms with Crippen LogP contribution >= 0.6 is 0 Å². The second kappa shape index (κ2) is 8.52. The smallest absolute Gasteiger partial charge is 0.191 e. The molecule has 3 rings (SSSR count). The van der Waals surface area contributed by atoms with E-state index in [-0.39, 0.29) is 17.7 Å². The Morgan fingerprint density at radius 3 is 2.64 bits per heavy atom. The molecule has 1 atom stereocenters. The van der Waals surface area contributed by atoms with Crippen LogP contribution in [-0.2, 0) is 0 Å². The Hall–Kier alpha value is -1.82. The lowest BCUT2D eigenvalue weighted by Gasteiger charge is -2.33. The number of halogens is 1. The van der Waals surface area contributed by atoms with Crippen molar-refractivity contribution >= 4 is 5.96 Å². The number of hydrogen-bond acceptors (Lipinski definition) is 3. The molecule has 138 valence electrons. The van der Waals surface area contributed by atoms with Crippen molar-refractivity contribution in [2.24, 2.45) is 4.99 Å². The van der Waals surface area contributed by atoms with E-state index in [1.807, 2.05) is 6.92 Å². The zero-order chi connectivity index (χ0) is 17.6. The highest BCUT2D eigenvalue weighted by Gasteiger charge is 2.31. The number of para-hydroxylation sites is 1. The van der Waals surface area contributed by atoms with Crippen molar-refractivity contribution in [1.29, 1.82) is 0 Å². The Kier molecular flexibility index (Phi) is 6.13. The van der Waals surface area contributed by atoms with Crippen LogP contribution < -0.4 is 15.4 Å². The highest BCUT2D eigenvalue weighted by atomic mass is 19.1. The van der Waals surface area contributed by atoms with Crippen molar-refractivity contribution in [2.45, 2.75) is 50.8 Å². The Labute approximate surface area is 149 Å². The van der Waals surface area contributed by atoms with Crippen LogP contribution in [0.1, 0.15) is 32.6 Å². The maximum atomic E-state index is 13.6. The Bertz CT molecular complexity index is 583. The molecule has 2 N–H and O–H groups in total. The minimum Gasteiger partial charge on any atom is -0.486 e. The number of rotatable bonds is 6. The average molecular weight is 348 g/mol. The summed E-state index contributed by atoms with van der Waals surface area (Å²) in [5, 5.41) is 6.78. The molecule has 0 aromatic heterocycles. The zero-order valence-electron chi connectivity index (χ0n) is 15.2. The number of piperidine rings is 1. The van der Waals surface area contributed by atoms with Gasteiger partial charge in [0, 0.05) is 32.2 Å². The molecule has 2 aliphatic rings. The van der Waals surface area contributed by atoms with Gasteiger partial charge in [-0.05, 0) is 44.7 Å². The van der Waals surface area contributed by atoms with Gasteiger partial charge in [0.15, 0.2) is 17.5 Å². The molecular weight excluding hydrogens is 319 g/mol. The van der Waals surface area contributed by atoms with Gasteiger partial charge in [-0.3, -0.25) is 4.99 Å². The van der Waals surface area contributed by atoms with E-state index >= 15 is 0 Å². The van der Waals surface area contributed by atoms with Gasteiger partial charge >= 0.3 is 0 Å². The zero-order valence-corrected chi connectivity index (χ0v) is 15.2.